The third-order valence-electron chi connectivity index (χ3n) is 9.45. The number of nitrogen functional groups attached to an aromatic ring is 2. The number of imidazole rings is 1. The van der Waals surface area contributed by atoms with Crippen molar-refractivity contribution < 1.29 is 69.8 Å². The number of ketones is 2. The number of carbonyl (C=O) groups excluding carboxylic acids is 3. The monoisotopic (exact) mass is 882 g/mol. The van der Waals surface area contributed by atoms with Crippen molar-refractivity contribution in [2.45, 2.75) is 83.7 Å². The second kappa shape index (κ2) is 21.7. The summed E-state index contributed by atoms with van der Waals surface area (Å²) < 4.78 is 74.0. The topological polar surface area (TPSA) is 249 Å². The molecule has 0 saturated carbocycles. The smallest absolute Gasteiger partial charge is 0.486 e. The zero-order chi connectivity index (χ0) is 44.9. The molecule has 17 nitrogen and oxygen atoms in total. The number of benzene rings is 1. The van der Waals surface area contributed by atoms with Gasteiger partial charge in [0, 0.05) is 51.4 Å². The fourth-order valence-electron chi connectivity index (χ4n) is 6.65. The molecule has 0 radical (unpaired) electrons. The Morgan fingerprint density at radius 3 is 2.07 bits per heavy atom. The van der Waals surface area contributed by atoms with Gasteiger partial charge in [0.25, 0.3) is 5.82 Å². The predicted octanol–water partition coefficient (Wildman–Crippen LogP) is 4.34. The van der Waals surface area contributed by atoms with Crippen LogP contribution < -0.4 is 31.4 Å². The molecule has 1 aromatic carbocycles. The molecule has 2 aliphatic heterocycles. The molecule has 5 rings (SSSR count). The number of rotatable bonds is 12. The van der Waals surface area contributed by atoms with E-state index in [1.54, 1.807) is 0 Å². The van der Waals surface area contributed by atoms with Gasteiger partial charge in [0.15, 0.2) is 39.4 Å². The van der Waals surface area contributed by atoms with E-state index < -0.39 is 24.3 Å². The minimum absolute atomic E-state index is 0.00463. The summed E-state index contributed by atoms with van der Waals surface area (Å²) in [5, 5.41) is 20.4. The second-order valence-corrected chi connectivity index (χ2v) is 14.0. The molecule has 332 valence electrons. The summed E-state index contributed by atoms with van der Waals surface area (Å²) in [6.45, 7) is 8.39. The quantitative estimate of drug-likeness (QED) is 0.0843. The van der Waals surface area contributed by atoms with E-state index in [0.717, 1.165) is 55.6 Å². The molecule has 0 unspecified atom stereocenters. The van der Waals surface area contributed by atoms with Crippen molar-refractivity contribution in [3.05, 3.63) is 34.9 Å². The molecule has 3 aromatic rings. The zero-order valence-electron chi connectivity index (χ0n) is 32.7. The number of fused-ring (bicyclic) bond motifs is 1. The summed E-state index contributed by atoms with van der Waals surface area (Å²) in [5.74, 6) is -3.78. The number of hydrogen-bond acceptors (Lipinski definition) is 11. The minimum atomic E-state index is -5.08. The van der Waals surface area contributed by atoms with Gasteiger partial charge in [0.2, 0.25) is 0 Å². The third-order valence-corrected chi connectivity index (χ3v) is 9.73. The van der Waals surface area contributed by atoms with E-state index in [9.17, 15) is 40.7 Å². The van der Waals surface area contributed by atoms with Crippen LogP contribution in [-0.4, -0.2) is 111 Å². The lowest BCUT2D eigenvalue weighted by Crippen LogP contribution is -2.45. The number of piperidine rings is 2. The second-order valence-electron chi connectivity index (χ2n) is 13.6. The summed E-state index contributed by atoms with van der Waals surface area (Å²) in [7, 11) is 0. The minimum Gasteiger partial charge on any atom is -0.486 e. The molecular formula is C36H47ClF6N9O8+. The maximum Gasteiger partial charge on any atom is 0.490 e. The highest BCUT2D eigenvalue weighted by atomic mass is 35.5. The van der Waals surface area contributed by atoms with Gasteiger partial charge in [-0.3, -0.25) is 9.59 Å². The summed E-state index contributed by atoms with van der Waals surface area (Å²) in [6.07, 6.45) is -5.58. The number of aliphatic carboxylic acids is 2. The first-order chi connectivity index (χ1) is 28.1. The lowest BCUT2D eigenvalue weighted by molar-refractivity contribution is -0.676. The van der Waals surface area contributed by atoms with Crippen molar-refractivity contribution in [2.75, 3.05) is 50.8 Å². The van der Waals surface area contributed by atoms with Crippen LogP contribution in [0.4, 0.5) is 42.8 Å². The van der Waals surface area contributed by atoms with Gasteiger partial charge in [-0.2, -0.15) is 26.3 Å². The van der Waals surface area contributed by atoms with Gasteiger partial charge >= 0.3 is 30.3 Å². The van der Waals surface area contributed by atoms with E-state index in [1.165, 1.54) is 0 Å². The predicted molar refractivity (Wildman–Crippen MR) is 203 cm³/mol. The highest BCUT2D eigenvalue weighted by molar-refractivity contribution is 6.31. The van der Waals surface area contributed by atoms with Crippen molar-refractivity contribution in [1.82, 2.24) is 30.1 Å². The van der Waals surface area contributed by atoms with Gasteiger partial charge in [0.05, 0.1) is 13.0 Å². The van der Waals surface area contributed by atoms with Crippen molar-refractivity contribution in [1.29, 1.82) is 0 Å². The van der Waals surface area contributed by atoms with Crippen LogP contribution in [0.5, 0.6) is 5.75 Å². The Balaban J connectivity index is 0.000000589. The fourth-order valence-corrected chi connectivity index (χ4v) is 6.78. The van der Waals surface area contributed by atoms with Crippen LogP contribution in [0.2, 0.25) is 5.15 Å². The Hall–Kier alpha value is -5.45. The molecule has 2 fully saturated rings. The van der Waals surface area contributed by atoms with E-state index in [2.05, 4.69) is 36.7 Å². The number of amides is 2. The van der Waals surface area contributed by atoms with Gasteiger partial charge in [-0.1, -0.05) is 11.6 Å². The normalized spacial score (nSPS) is 15.0. The summed E-state index contributed by atoms with van der Waals surface area (Å²) in [5.41, 5.74) is 13.7. The number of Topliss-reactive ketones (excluding diaryl/α,β-unsaturated/α-hetero) is 2. The Bertz CT molecular complexity index is 1980. The maximum atomic E-state index is 13.3. The van der Waals surface area contributed by atoms with Gasteiger partial charge in [-0.25, -0.2) is 33.5 Å². The number of carboxylic acid groups (broad SMARTS) is 2. The Kier molecular flexibility index (Phi) is 17.7. The zero-order valence-corrected chi connectivity index (χ0v) is 33.4. The van der Waals surface area contributed by atoms with Crippen molar-refractivity contribution in [2.24, 2.45) is 5.92 Å². The van der Waals surface area contributed by atoms with Gasteiger partial charge < -0.3 is 42.0 Å². The van der Waals surface area contributed by atoms with Crippen molar-refractivity contribution in [3.63, 3.8) is 0 Å². The number of carbonyl (C=O) groups is 5. The molecule has 2 saturated heterocycles. The molecule has 0 atom stereocenters. The van der Waals surface area contributed by atoms with Gasteiger partial charge in [0.1, 0.15) is 24.1 Å². The van der Waals surface area contributed by atoms with E-state index in [1.807, 2.05) is 30.0 Å². The van der Waals surface area contributed by atoms with Crippen LogP contribution >= 0.6 is 11.6 Å². The van der Waals surface area contributed by atoms with E-state index in [4.69, 9.17) is 47.6 Å². The van der Waals surface area contributed by atoms with E-state index in [-0.39, 0.29) is 59.1 Å². The first-order valence-electron chi connectivity index (χ1n) is 18.7. The number of urea groups is 1. The number of ether oxygens (including phenoxy) is 1. The van der Waals surface area contributed by atoms with Crippen molar-refractivity contribution in [3.8, 4) is 5.75 Å². The molecule has 2 amide bonds. The summed E-state index contributed by atoms with van der Waals surface area (Å²) >= 11 is 6.05. The van der Waals surface area contributed by atoms with E-state index in [0.29, 0.717) is 50.7 Å². The average molecular weight is 883 g/mol. The Morgan fingerprint density at radius 2 is 1.53 bits per heavy atom. The first-order valence-corrected chi connectivity index (χ1v) is 19.1. The molecule has 0 aliphatic carbocycles. The highest BCUT2D eigenvalue weighted by Gasteiger charge is 2.39. The molecular weight excluding hydrogens is 836 g/mol. The lowest BCUT2D eigenvalue weighted by atomic mass is 9.93. The summed E-state index contributed by atoms with van der Waals surface area (Å²) in [6, 6.07) is 5.93. The standard InChI is InChI=1S/C32H44ClN9O4.2C2HF3O2/c1-3-37-32(45)40-15-11-21(12-16-40)42-25-18-23(46-19-22(43)17-20-9-13-36-14-10-20)5-6-24(25)41(4-2)27(42)8-7-26(44)28-30(34)39-31(35)29(33)38-28;2*3-2(4,5)1(6)7/h5-6,18,20-21,36H,3-4,7-17,19H2,1-2H3,(H4-,34,35,37,39,44,45);2*(H,6,7)/p+1. The number of nitrogens with two attached hydrogens (primary N) is 2. The molecule has 2 aromatic heterocycles. The maximum absolute atomic E-state index is 13.3. The molecule has 0 bridgehead atoms. The van der Waals surface area contributed by atoms with Crippen LogP contribution in [0.3, 0.4) is 0 Å². The van der Waals surface area contributed by atoms with Crippen LogP contribution in [0.25, 0.3) is 11.0 Å². The summed E-state index contributed by atoms with van der Waals surface area (Å²) in [4.78, 5) is 66.3. The van der Waals surface area contributed by atoms with Gasteiger partial charge in [-0.05, 0) is 57.8 Å². The number of aromatic nitrogens is 4. The van der Waals surface area contributed by atoms with Crippen molar-refractivity contribution >= 4 is 63.8 Å². The number of likely N-dealkylation sites (tertiary alicyclic amines) is 1. The molecule has 2 aliphatic rings. The average Bonchev–Trinajstić information content (AvgIpc) is 3.50. The number of alkyl halides is 6. The number of anilines is 2. The molecule has 60 heavy (non-hydrogen) atoms. The fraction of sp³-hybridized carbons (Fsp3) is 0.556. The molecule has 4 heterocycles. The number of nitrogens with one attached hydrogen (secondary N) is 2. The molecule has 0 spiro atoms. The van der Waals surface area contributed by atoms with Crippen LogP contribution in [0, 0.1) is 5.92 Å². The largest absolute Gasteiger partial charge is 0.490 e. The van der Waals surface area contributed by atoms with Crippen LogP contribution in [-0.2, 0) is 27.3 Å². The number of nitrogens with zero attached hydrogens (tertiary/aromatic N) is 5. The number of carboxylic acids is 2. The SMILES string of the molecule is CCNC(=O)N1CCC(n2c(CCC(=O)c3nc(Cl)c(N)nc3N)[n+](CC)c3ccc(OCC(=O)CC4CCNCC4)cc32)CC1.O=C(O)C(F)(F)F.O=C(O)C(F)(F)F. The number of hydrogen-bond donors (Lipinski definition) is 6. The lowest BCUT2D eigenvalue weighted by Gasteiger charge is -2.31. The number of halogens is 7. The molecule has 24 heteroatoms. The highest BCUT2D eigenvalue weighted by Crippen LogP contribution is 2.32. The van der Waals surface area contributed by atoms with Gasteiger partial charge in [-0.15, -0.1) is 0 Å². The third kappa shape index (κ3) is 13.8. The Morgan fingerprint density at radius 1 is 0.950 bits per heavy atom. The van der Waals surface area contributed by atoms with Crippen LogP contribution in [0.1, 0.15) is 74.7 Å². The first kappa shape index (κ1) is 48.9. The molecule has 8 N–H and O–H groups in total. The Labute approximate surface area is 344 Å². The van der Waals surface area contributed by atoms with E-state index >= 15 is 0 Å². The van der Waals surface area contributed by atoms with Crippen LogP contribution in [0.15, 0.2) is 18.2 Å². The number of aryl methyl sites for hydroxylation is 1.